The van der Waals surface area contributed by atoms with Crippen LogP contribution in [0.25, 0.3) is 11.4 Å². The Kier molecular flexibility index (Phi) is 5.65. The van der Waals surface area contributed by atoms with Crippen LogP contribution in [-0.2, 0) is 22.7 Å². The molecule has 1 unspecified atom stereocenters. The molecule has 0 aliphatic carbocycles. The van der Waals surface area contributed by atoms with Crippen LogP contribution < -0.4 is 4.90 Å². The maximum Gasteiger partial charge on any atom is 0.364 e. The van der Waals surface area contributed by atoms with Gasteiger partial charge in [-0.25, -0.2) is 4.79 Å². The van der Waals surface area contributed by atoms with Gasteiger partial charge in [0.1, 0.15) is 12.6 Å². The topological polar surface area (TPSA) is 73.7 Å². The average molecular weight is 375 g/mol. The summed E-state index contributed by atoms with van der Waals surface area (Å²) in [6, 6.07) is 9.39. The Morgan fingerprint density at radius 1 is 1.50 bits per heavy atom. The van der Waals surface area contributed by atoms with Gasteiger partial charge < -0.3 is 14.7 Å². The average Bonchev–Trinajstić information content (AvgIpc) is 3.17. The predicted octanol–water partition coefficient (Wildman–Crippen LogP) is 0.416. The van der Waals surface area contributed by atoms with Crippen molar-refractivity contribution in [2.45, 2.75) is 31.8 Å². The number of hydrogen-bond donors (Lipinski definition) is 2. The molecule has 2 N–H and O–H groups in total. The first kappa shape index (κ1) is 18.5. The predicted molar refractivity (Wildman–Crippen MR) is 98.9 cm³/mol. The second-order valence-electron chi connectivity index (χ2n) is 6.36. The van der Waals surface area contributed by atoms with Crippen molar-refractivity contribution in [3.05, 3.63) is 47.8 Å². The highest BCUT2D eigenvalue weighted by Gasteiger charge is 2.41. The van der Waals surface area contributed by atoms with E-state index in [0.29, 0.717) is 31.0 Å². The van der Waals surface area contributed by atoms with Crippen molar-refractivity contribution in [1.29, 1.82) is 0 Å². The largest absolute Gasteiger partial charge is 0.465 e. The quantitative estimate of drug-likeness (QED) is 0.435. The molecule has 1 aliphatic heterocycles. The van der Waals surface area contributed by atoms with Gasteiger partial charge >= 0.3 is 5.97 Å². The van der Waals surface area contributed by atoms with Crippen molar-refractivity contribution >= 4 is 18.2 Å². The third kappa shape index (κ3) is 3.62. The molecule has 0 saturated carbocycles. The number of nitrogens with one attached hydrogen (secondary N) is 1. The van der Waals surface area contributed by atoms with E-state index < -0.39 is 12.1 Å². The molecule has 3 atom stereocenters. The molecule has 1 aromatic carbocycles. The maximum absolute atomic E-state index is 12.0. The first-order valence-corrected chi connectivity index (χ1v) is 8.90. The van der Waals surface area contributed by atoms with Gasteiger partial charge in [0, 0.05) is 18.5 Å². The summed E-state index contributed by atoms with van der Waals surface area (Å²) in [4.78, 5) is 12.9. The number of hydrogen-bond acceptors (Lipinski definition) is 5. The van der Waals surface area contributed by atoms with E-state index >= 15 is 0 Å². The molecule has 8 heteroatoms. The lowest BCUT2D eigenvalue weighted by atomic mass is 10.2. The van der Waals surface area contributed by atoms with Crippen molar-refractivity contribution in [1.82, 2.24) is 14.3 Å². The van der Waals surface area contributed by atoms with E-state index in [2.05, 4.69) is 11.7 Å². The standard InChI is InChI=1S/C18H22N4O3S/c1-3-9-21-16(13-7-5-4-6-8-13)19-22(18(21)26)12-20-11-14(23)10-15(20)17(24)25-2/h3-8,14-15,23H,1,9-12H2,2H3/p+1/t14-,15+/m1/s1. The van der Waals surface area contributed by atoms with E-state index in [4.69, 9.17) is 17.0 Å². The number of carbonyl (C=O) groups excluding carboxylic acids is 1. The fraction of sp³-hybridized carbons (Fsp3) is 0.389. The van der Waals surface area contributed by atoms with Crippen molar-refractivity contribution in [3.8, 4) is 11.4 Å². The van der Waals surface area contributed by atoms with Gasteiger partial charge in [0.25, 0.3) is 0 Å². The number of aliphatic hydroxyl groups excluding tert-OH is 1. The monoisotopic (exact) mass is 375 g/mol. The number of benzene rings is 1. The Labute approximate surface area is 157 Å². The van der Waals surface area contributed by atoms with E-state index in [-0.39, 0.29) is 5.97 Å². The highest BCUT2D eigenvalue weighted by atomic mass is 32.1. The number of esters is 1. The van der Waals surface area contributed by atoms with E-state index in [1.54, 1.807) is 10.8 Å². The number of nitrogens with zero attached hydrogens (tertiary/aromatic N) is 3. The maximum atomic E-state index is 12.0. The number of likely N-dealkylation sites (tertiary alicyclic amines) is 1. The molecule has 3 rings (SSSR count). The van der Waals surface area contributed by atoms with Crippen LogP contribution in [-0.4, -0.2) is 51.2 Å². The lowest BCUT2D eigenvalue weighted by molar-refractivity contribution is -0.928. The summed E-state index contributed by atoms with van der Waals surface area (Å²) in [6.07, 6.45) is 1.62. The van der Waals surface area contributed by atoms with Gasteiger partial charge in [-0.1, -0.05) is 36.4 Å². The van der Waals surface area contributed by atoms with Crippen LogP contribution in [0.4, 0.5) is 0 Å². The summed E-state index contributed by atoms with van der Waals surface area (Å²) >= 11 is 5.60. The Morgan fingerprint density at radius 2 is 2.23 bits per heavy atom. The van der Waals surface area contributed by atoms with Crippen LogP contribution in [0.15, 0.2) is 43.0 Å². The number of quaternary nitrogens is 1. The molecule has 1 aliphatic rings. The molecular weight excluding hydrogens is 352 g/mol. The first-order chi connectivity index (χ1) is 12.5. The molecule has 1 aromatic heterocycles. The molecule has 0 radical (unpaired) electrons. The van der Waals surface area contributed by atoms with Crippen LogP contribution in [0.5, 0.6) is 0 Å². The van der Waals surface area contributed by atoms with Crippen LogP contribution in [0, 0.1) is 4.77 Å². The van der Waals surface area contributed by atoms with E-state index in [9.17, 15) is 9.90 Å². The van der Waals surface area contributed by atoms with Gasteiger partial charge in [-0.3, -0.25) is 4.57 Å². The van der Waals surface area contributed by atoms with Gasteiger partial charge in [-0.15, -0.1) is 11.7 Å². The van der Waals surface area contributed by atoms with Crippen LogP contribution in [0.3, 0.4) is 0 Å². The van der Waals surface area contributed by atoms with E-state index in [1.165, 1.54) is 7.11 Å². The zero-order valence-corrected chi connectivity index (χ0v) is 15.5. The molecule has 138 valence electrons. The highest BCUT2D eigenvalue weighted by molar-refractivity contribution is 7.71. The van der Waals surface area contributed by atoms with Crippen molar-refractivity contribution in [2.75, 3.05) is 13.7 Å². The summed E-state index contributed by atoms with van der Waals surface area (Å²) in [5.41, 5.74) is 0.958. The summed E-state index contributed by atoms with van der Waals surface area (Å²) in [7, 11) is 1.36. The minimum absolute atomic E-state index is 0.322. The fourth-order valence-electron chi connectivity index (χ4n) is 3.38. The Hall–Kier alpha value is -2.29. The normalized spacial score (nSPS) is 22.3. The first-order valence-electron chi connectivity index (χ1n) is 8.49. The molecule has 2 aromatic rings. The fourth-order valence-corrected chi connectivity index (χ4v) is 3.64. The minimum Gasteiger partial charge on any atom is -0.465 e. The van der Waals surface area contributed by atoms with Gasteiger partial charge in [0.2, 0.25) is 4.77 Å². The Bertz CT molecular complexity index is 846. The van der Waals surface area contributed by atoms with Gasteiger partial charge in [-0.05, 0) is 12.2 Å². The van der Waals surface area contributed by atoms with Crippen LogP contribution in [0.1, 0.15) is 6.42 Å². The number of carbonyl (C=O) groups is 1. The number of aromatic nitrogens is 3. The van der Waals surface area contributed by atoms with Crippen molar-refractivity contribution in [3.63, 3.8) is 0 Å². The molecular formula is C18H23N4O3S+. The molecule has 1 fully saturated rings. The number of rotatable bonds is 6. The lowest BCUT2D eigenvalue weighted by Gasteiger charge is -2.18. The third-order valence-electron chi connectivity index (χ3n) is 4.60. The third-order valence-corrected chi connectivity index (χ3v) is 5.03. The molecule has 2 heterocycles. The number of ether oxygens (including phenoxy) is 1. The molecule has 0 spiro atoms. The summed E-state index contributed by atoms with van der Waals surface area (Å²) in [6.45, 7) is 5.18. The van der Waals surface area contributed by atoms with Gasteiger partial charge in [-0.2, -0.15) is 4.68 Å². The summed E-state index contributed by atoms with van der Waals surface area (Å²) in [5, 5.41) is 14.7. The molecule has 7 nitrogen and oxygen atoms in total. The van der Waals surface area contributed by atoms with Crippen molar-refractivity contribution < 1.29 is 19.5 Å². The van der Waals surface area contributed by atoms with Crippen LogP contribution >= 0.6 is 12.2 Å². The van der Waals surface area contributed by atoms with E-state index in [0.717, 1.165) is 16.3 Å². The Morgan fingerprint density at radius 3 is 2.88 bits per heavy atom. The summed E-state index contributed by atoms with van der Waals surface area (Å²) in [5.74, 6) is 0.432. The number of methoxy groups -OCH3 is 1. The lowest BCUT2D eigenvalue weighted by Crippen LogP contribution is -3.14. The molecule has 0 amide bonds. The number of allylic oxidation sites excluding steroid dienone is 1. The second kappa shape index (κ2) is 7.94. The smallest absolute Gasteiger partial charge is 0.364 e. The zero-order chi connectivity index (χ0) is 18.7. The number of aliphatic hydroxyl groups is 1. The Balaban J connectivity index is 1.94. The second-order valence-corrected chi connectivity index (χ2v) is 6.72. The van der Waals surface area contributed by atoms with E-state index in [1.807, 2.05) is 34.9 Å². The van der Waals surface area contributed by atoms with Crippen molar-refractivity contribution in [2.24, 2.45) is 0 Å². The van der Waals surface area contributed by atoms with Gasteiger partial charge in [0.05, 0.1) is 7.11 Å². The minimum atomic E-state index is -0.535. The molecule has 26 heavy (non-hydrogen) atoms. The SMILES string of the molecule is C=CCn1c(-c2ccccc2)nn(C[NH+]2C[C@H](O)C[C@H]2C(=O)OC)c1=S. The van der Waals surface area contributed by atoms with Crippen LogP contribution in [0.2, 0.25) is 0 Å². The highest BCUT2D eigenvalue weighted by Crippen LogP contribution is 2.18. The molecule has 0 bridgehead atoms. The van der Waals surface area contributed by atoms with Gasteiger partial charge in [0.15, 0.2) is 18.5 Å². The summed E-state index contributed by atoms with van der Waals surface area (Å²) < 4.78 is 9.06. The molecule has 1 saturated heterocycles. The zero-order valence-electron chi connectivity index (χ0n) is 14.7.